The molecule has 0 amide bonds. The summed E-state index contributed by atoms with van der Waals surface area (Å²) in [5.74, 6) is 0.994. The third kappa shape index (κ3) is 2.96. The van der Waals surface area contributed by atoms with Gasteiger partial charge in [0.2, 0.25) is 0 Å². The minimum atomic E-state index is -2.96. The molecule has 0 saturated carbocycles. The molecule has 0 bridgehead atoms. The second-order valence-electron chi connectivity index (χ2n) is 7.30. The monoisotopic (exact) mass is 450 g/mol. The predicted molar refractivity (Wildman–Crippen MR) is 126 cm³/mol. The summed E-state index contributed by atoms with van der Waals surface area (Å²) in [6.07, 6.45) is 2.75. The normalized spacial score (nSPS) is 13.0. The molecule has 0 aliphatic carbocycles. The molecule has 4 aromatic rings. The average Bonchev–Trinajstić information content (AvgIpc) is 3.07. The molecular formula is C25H24BrOP. The number of benzene rings is 3. The van der Waals surface area contributed by atoms with Crippen molar-refractivity contribution in [2.75, 3.05) is 0 Å². The van der Waals surface area contributed by atoms with E-state index in [0.717, 1.165) is 11.9 Å². The van der Waals surface area contributed by atoms with Crippen molar-refractivity contribution in [1.82, 2.24) is 0 Å². The van der Waals surface area contributed by atoms with Gasteiger partial charge in [0.05, 0.1) is 0 Å². The van der Waals surface area contributed by atoms with Gasteiger partial charge in [-0.3, -0.25) is 0 Å². The van der Waals surface area contributed by atoms with Crippen LogP contribution in [0.25, 0.3) is 0 Å². The fraction of sp³-hybridized carbons (Fsp3) is 0.120. The van der Waals surface area contributed by atoms with Crippen LogP contribution in [0, 0.1) is 13.8 Å². The van der Waals surface area contributed by atoms with Gasteiger partial charge in [0, 0.05) is 0 Å². The Hall–Kier alpha value is -2.15. The summed E-state index contributed by atoms with van der Waals surface area (Å²) < 4.78 is 5.79. The van der Waals surface area contributed by atoms with Crippen LogP contribution >= 0.6 is 20.8 Å². The summed E-state index contributed by atoms with van der Waals surface area (Å²) in [5.41, 5.74) is 2.49. The van der Waals surface area contributed by atoms with Crippen LogP contribution in [0.3, 0.4) is 0 Å². The zero-order valence-electron chi connectivity index (χ0n) is 16.2. The topological polar surface area (TPSA) is 13.1 Å². The van der Waals surface area contributed by atoms with Crippen LogP contribution in [-0.2, 0) is 6.16 Å². The van der Waals surface area contributed by atoms with E-state index in [0.29, 0.717) is 0 Å². The predicted octanol–water partition coefficient (Wildman–Crippen LogP) is 6.24. The molecule has 0 saturated heterocycles. The number of furan rings is 1. The van der Waals surface area contributed by atoms with Crippen LogP contribution in [0.5, 0.6) is 0 Å². The van der Waals surface area contributed by atoms with Gasteiger partial charge in [-0.2, -0.15) is 0 Å². The number of hydrogen-bond acceptors (Lipinski definition) is 1. The van der Waals surface area contributed by atoms with E-state index in [1.165, 1.54) is 27.0 Å². The van der Waals surface area contributed by atoms with E-state index in [1.807, 2.05) is 6.26 Å². The maximum atomic E-state index is 5.79. The fourth-order valence-corrected chi connectivity index (χ4v) is 11.8. The molecule has 0 aliphatic rings. The molecule has 0 atom stereocenters. The van der Waals surface area contributed by atoms with Crippen molar-refractivity contribution in [2.45, 2.75) is 20.0 Å². The fourth-order valence-electron chi connectivity index (χ4n) is 4.07. The van der Waals surface area contributed by atoms with Crippen LogP contribution in [0.1, 0.15) is 16.9 Å². The van der Waals surface area contributed by atoms with Crippen LogP contribution < -0.4 is 15.9 Å². The molecule has 0 fully saturated rings. The minimum absolute atomic E-state index is 0.873. The van der Waals surface area contributed by atoms with Crippen LogP contribution in [0.15, 0.2) is 102 Å². The molecule has 1 heterocycles. The van der Waals surface area contributed by atoms with Gasteiger partial charge in [-0.1, -0.05) is 0 Å². The molecule has 0 radical (unpaired) electrons. The first-order valence-corrected chi connectivity index (χ1v) is 13.9. The maximum absolute atomic E-state index is 5.79. The Morgan fingerprint density at radius 1 is 0.679 bits per heavy atom. The van der Waals surface area contributed by atoms with E-state index in [1.54, 1.807) is 0 Å². The average molecular weight is 451 g/mol. The molecule has 0 aliphatic heterocycles. The first kappa shape index (κ1) is 19.2. The number of aryl methyl sites for hydroxylation is 2. The molecule has 0 N–H and O–H groups in total. The Morgan fingerprint density at radius 2 is 1.07 bits per heavy atom. The molecule has 3 heteroatoms. The Balaban J connectivity index is 2.12. The number of hydrogen-bond donors (Lipinski definition) is 0. The summed E-state index contributed by atoms with van der Waals surface area (Å²) in [6, 6.07) is 32.7. The Kier molecular flexibility index (Phi) is 5.04. The van der Waals surface area contributed by atoms with Gasteiger partial charge < -0.3 is 0 Å². The van der Waals surface area contributed by atoms with E-state index in [4.69, 9.17) is 4.42 Å². The van der Waals surface area contributed by atoms with Crippen molar-refractivity contribution in [3.8, 4) is 0 Å². The van der Waals surface area contributed by atoms with E-state index in [-0.39, 0.29) is 0 Å². The van der Waals surface area contributed by atoms with E-state index in [2.05, 4.69) is 120 Å². The van der Waals surface area contributed by atoms with Crippen molar-refractivity contribution in [2.24, 2.45) is 0 Å². The summed E-state index contributed by atoms with van der Waals surface area (Å²) >= 11 is 4.50. The first-order chi connectivity index (χ1) is 13.5. The molecule has 1 nitrogen and oxygen atoms in total. The van der Waals surface area contributed by atoms with E-state index in [9.17, 15) is 0 Å². The molecule has 1 aromatic heterocycles. The summed E-state index contributed by atoms with van der Waals surface area (Å²) in [4.78, 5) is 0. The Labute approximate surface area is 175 Å². The summed E-state index contributed by atoms with van der Waals surface area (Å²) in [6.45, 7) is 4.21. The second-order valence-corrected chi connectivity index (χ2v) is 16.2. The van der Waals surface area contributed by atoms with Crippen molar-refractivity contribution in [3.05, 3.63) is 114 Å². The third-order valence-electron chi connectivity index (χ3n) is 5.65. The Morgan fingerprint density at radius 3 is 1.39 bits per heavy atom. The quantitative estimate of drug-likeness (QED) is 0.328. The molecule has 142 valence electrons. The van der Waals surface area contributed by atoms with Gasteiger partial charge in [0.15, 0.2) is 0 Å². The molecular weight excluding hydrogens is 427 g/mol. The third-order valence-corrected chi connectivity index (χ3v) is 15.1. The van der Waals surface area contributed by atoms with Crippen molar-refractivity contribution < 1.29 is 4.42 Å². The van der Waals surface area contributed by atoms with Gasteiger partial charge in [0.1, 0.15) is 0 Å². The van der Waals surface area contributed by atoms with E-state index >= 15 is 0 Å². The van der Waals surface area contributed by atoms with Crippen LogP contribution in [0.4, 0.5) is 0 Å². The Bertz CT molecular complexity index is 953. The second kappa shape index (κ2) is 7.35. The molecule has 0 unspecified atom stereocenters. The molecule has 0 spiro atoms. The first-order valence-electron chi connectivity index (χ1n) is 9.47. The van der Waals surface area contributed by atoms with Gasteiger partial charge in [-0.05, 0) is 0 Å². The van der Waals surface area contributed by atoms with Gasteiger partial charge in [-0.25, -0.2) is 0 Å². The van der Waals surface area contributed by atoms with Gasteiger partial charge >= 0.3 is 175 Å². The zero-order valence-corrected chi connectivity index (χ0v) is 18.7. The summed E-state index contributed by atoms with van der Waals surface area (Å²) in [7, 11) is 0. The van der Waals surface area contributed by atoms with Crippen LogP contribution in [-0.4, -0.2) is 0 Å². The zero-order chi connectivity index (χ0) is 19.6. The van der Waals surface area contributed by atoms with Gasteiger partial charge in [0.25, 0.3) is 0 Å². The molecule has 4 rings (SSSR count). The van der Waals surface area contributed by atoms with Crippen molar-refractivity contribution in [3.63, 3.8) is 0 Å². The summed E-state index contributed by atoms with van der Waals surface area (Å²) in [5, 5.41) is 1.02. The van der Waals surface area contributed by atoms with Gasteiger partial charge in [-0.15, -0.1) is 0 Å². The standard InChI is InChI=1S/C25H24BrOP/c1-20-18-27-21(2)25(20)19-28(26,22-12-6-3-7-13-22,23-14-8-4-9-15-23)24-16-10-5-11-17-24/h3-18H,19H2,1-2H3. The number of rotatable bonds is 5. The molecule has 28 heavy (non-hydrogen) atoms. The SMILES string of the molecule is Cc1coc(C)c1CP(Br)(c1ccccc1)(c1ccccc1)c1ccccc1. The van der Waals surface area contributed by atoms with Crippen molar-refractivity contribution >= 4 is 36.7 Å². The van der Waals surface area contributed by atoms with Crippen molar-refractivity contribution in [1.29, 1.82) is 0 Å². The number of halogens is 1. The van der Waals surface area contributed by atoms with Crippen LogP contribution in [0.2, 0.25) is 0 Å². The van der Waals surface area contributed by atoms with E-state index < -0.39 is 5.31 Å². The molecule has 3 aromatic carbocycles.